The van der Waals surface area contributed by atoms with Crippen LogP contribution in [0.15, 0.2) is 24.3 Å². The van der Waals surface area contributed by atoms with Gasteiger partial charge < -0.3 is 14.5 Å². The molecule has 1 aromatic carbocycles. The van der Waals surface area contributed by atoms with E-state index in [1.807, 2.05) is 24.3 Å². The molecule has 1 saturated carbocycles. The molecule has 0 bridgehead atoms. The highest BCUT2D eigenvalue weighted by Crippen LogP contribution is 2.39. The fourth-order valence-corrected chi connectivity index (χ4v) is 2.41. The normalized spacial score (nSPS) is 14.1. The predicted molar refractivity (Wildman–Crippen MR) is 79.9 cm³/mol. The Morgan fingerprint density at radius 2 is 2.00 bits per heavy atom. The number of methoxy groups -OCH3 is 2. The maximum absolute atomic E-state index is 5.44. The van der Waals surface area contributed by atoms with Crippen LogP contribution in [-0.2, 0) is 0 Å². The van der Waals surface area contributed by atoms with Gasteiger partial charge in [0, 0.05) is 17.5 Å². The number of nitrogens with one attached hydrogen (secondary N) is 1. The first-order chi connectivity index (χ1) is 9.71. The Kier molecular flexibility index (Phi) is 3.44. The summed E-state index contributed by atoms with van der Waals surface area (Å²) in [4.78, 5) is 7.78. The van der Waals surface area contributed by atoms with E-state index >= 15 is 0 Å². The summed E-state index contributed by atoms with van der Waals surface area (Å²) in [5.74, 6) is 3.02. The van der Waals surface area contributed by atoms with Gasteiger partial charge in [-0.2, -0.15) is 0 Å². The molecule has 2 aromatic rings. The van der Waals surface area contributed by atoms with Crippen LogP contribution >= 0.6 is 12.2 Å². The molecule has 3 rings (SSSR count). The first-order valence-corrected chi connectivity index (χ1v) is 6.95. The fraction of sp³-hybridized carbons (Fsp3) is 0.333. The quantitative estimate of drug-likeness (QED) is 0.871. The lowest BCUT2D eigenvalue weighted by Crippen LogP contribution is -1.97. The smallest absolute Gasteiger partial charge is 0.131 e. The molecule has 4 nitrogen and oxygen atoms in total. The lowest BCUT2D eigenvalue weighted by Gasteiger charge is -2.11. The summed E-state index contributed by atoms with van der Waals surface area (Å²) in [6, 6.07) is 7.61. The molecular weight excluding hydrogens is 272 g/mol. The Hall–Kier alpha value is -1.88. The number of aromatic amines is 1. The first kappa shape index (κ1) is 13.1. The third-order valence-corrected chi connectivity index (χ3v) is 3.63. The molecule has 0 atom stereocenters. The Morgan fingerprint density at radius 1 is 1.20 bits per heavy atom. The largest absolute Gasteiger partial charge is 0.497 e. The van der Waals surface area contributed by atoms with Crippen LogP contribution in [0, 0.1) is 4.64 Å². The Morgan fingerprint density at radius 3 is 2.65 bits per heavy atom. The average molecular weight is 288 g/mol. The summed E-state index contributed by atoms with van der Waals surface area (Å²) < 4.78 is 11.3. The number of rotatable bonds is 4. The van der Waals surface area contributed by atoms with E-state index < -0.39 is 0 Å². The molecule has 0 saturated heterocycles. The van der Waals surface area contributed by atoms with E-state index in [-0.39, 0.29) is 0 Å². The van der Waals surface area contributed by atoms with E-state index in [9.17, 15) is 0 Å². The molecule has 0 unspecified atom stereocenters. The number of benzene rings is 1. The van der Waals surface area contributed by atoms with Crippen molar-refractivity contribution in [3.05, 3.63) is 34.7 Å². The molecular formula is C15H16N2O2S. The number of hydrogen-bond acceptors (Lipinski definition) is 4. The zero-order chi connectivity index (χ0) is 14.1. The standard InChI is InChI=1S/C15H16N2O2S/c1-18-10-5-6-11(13(7-10)19-2)12-8-14(20)17-15(16-12)9-3-4-9/h5-9H,3-4H2,1-2H3,(H,16,17,20). The van der Waals surface area contributed by atoms with Crippen molar-refractivity contribution in [2.24, 2.45) is 0 Å². The van der Waals surface area contributed by atoms with Gasteiger partial charge in [-0.1, -0.05) is 12.2 Å². The fourth-order valence-electron chi connectivity index (χ4n) is 2.19. The van der Waals surface area contributed by atoms with Crippen LogP contribution in [0.4, 0.5) is 0 Å². The van der Waals surface area contributed by atoms with Crippen molar-refractivity contribution in [2.45, 2.75) is 18.8 Å². The third kappa shape index (κ3) is 2.54. The second kappa shape index (κ2) is 5.25. The minimum absolute atomic E-state index is 0.529. The number of aromatic nitrogens is 2. The van der Waals surface area contributed by atoms with Crippen molar-refractivity contribution in [1.29, 1.82) is 0 Å². The van der Waals surface area contributed by atoms with Crippen LogP contribution < -0.4 is 9.47 Å². The second-order valence-corrected chi connectivity index (χ2v) is 5.28. The number of ether oxygens (including phenoxy) is 2. The maximum Gasteiger partial charge on any atom is 0.131 e. The van der Waals surface area contributed by atoms with E-state index in [1.165, 1.54) is 12.8 Å². The summed E-state index contributed by atoms with van der Waals surface area (Å²) in [6.45, 7) is 0. The Balaban J connectivity index is 2.10. The van der Waals surface area contributed by atoms with Gasteiger partial charge in [0.05, 0.1) is 19.9 Å². The molecule has 5 heteroatoms. The molecule has 1 fully saturated rings. The van der Waals surface area contributed by atoms with E-state index in [2.05, 4.69) is 9.97 Å². The number of H-pyrrole nitrogens is 1. The molecule has 1 heterocycles. The zero-order valence-corrected chi connectivity index (χ0v) is 12.3. The average Bonchev–Trinajstić information content (AvgIpc) is 3.30. The number of hydrogen-bond donors (Lipinski definition) is 1. The van der Waals surface area contributed by atoms with Gasteiger partial charge in [-0.05, 0) is 31.0 Å². The summed E-state index contributed by atoms with van der Waals surface area (Å²) >= 11 is 5.27. The minimum atomic E-state index is 0.529. The highest BCUT2D eigenvalue weighted by molar-refractivity contribution is 7.71. The van der Waals surface area contributed by atoms with Gasteiger partial charge in [0.1, 0.15) is 22.0 Å². The van der Waals surface area contributed by atoms with Crippen molar-refractivity contribution in [1.82, 2.24) is 9.97 Å². The molecule has 1 aromatic heterocycles. The van der Waals surface area contributed by atoms with Crippen LogP contribution in [0.25, 0.3) is 11.3 Å². The van der Waals surface area contributed by atoms with Crippen molar-refractivity contribution in [3.8, 4) is 22.8 Å². The minimum Gasteiger partial charge on any atom is -0.497 e. The lowest BCUT2D eigenvalue weighted by molar-refractivity contribution is 0.395. The van der Waals surface area contributed by atoms with E-state index in [0.29, 0.717) is 10.6 Å². The van der Waals surface area contributed by atoms with Gasteiger partial charge in [0.25, 0.3) is 0 Å². The molecule has 0 aliphatic heterocycles. The SMILES string of the molecule is COc1ccc(-c2cc(=S)nc(C3CC3)[nH]2)c(OC)c1. The summed E-state index contributed by atoms with van der Waals surface area (Å²) in [7, 11) is 3.29. The highest BCUT2D eigenvalue weighted by atomic mass is 32.1. The highest BCUT2D eigenvalue weighted by Gasteiger charge is 2.26. The topological polar surface area (TPSA) is 47.1 Å². The third-order valence-electron chi connectivity index (χ3n) is 3.42. The molecule has 0 amide bonds. The Bertz CT molecular complexity index is 693. The molecule has 0 spiro atoms. The first-order valence-electron chi connectivity index (χ1n) is 6.55. The molecule has 104 valence electrons. The zero-order valence-electron chi connectivity index (χ0n) is 11.5. The van der Waals surface area contributed by atoms with Crippen LogP contribution in [0.1, 0.15) is 24.6 Å². The lowest BCUT2D eigenvalue weighted by atomic mass is 10.1. The van der Waals surface area contributed by atoms with E-state index in [4.69, 9.17) is 21.7 Å². The molecule has 0 radical (unpaired) electrons. The predicted octanol–water partition coefficient (Wildman–Crippen LogP) is 3.70. The van der Waals surface area contributed by atoms with Gasteiger partial charge >= 0.3 is 0 Å². The summed E-state index contributed by atoms with van der Waals surface area (Å²) in [5.41, 5.74) is 1.90. The van der Waals surface area contributed by atoms with E-state index in [0.717, 1.165) is 28.6 Å². The van der Waals surface area contributed by atoms with Crippen LogP contribution in [0.3, 0.4) is 0 Å². The van der Waals surface area contributed by atoms with Crippen molar-refractivity contribution in [2.75, 3.05) is 14.2 Å². The molecule has 1 aliphatic rings. The van der Waals surface area contributed by atoms with Crippen molar-refractivity contribution >= 4 is 12.2 Å². The van der Waals surface area contributed by atoms with Gasteiger partial charge in [-0.3, -0.25) is 0 Å². The summed E-state index contributed by atoms with van der Waals surface area (Å²) in [5, 5.41) is 0. The number of nitrogens with zero attached hydrogens (tertiary/aromatic N) is 1. The Labute approximate surface area is 122 Å². The maximum atomic E-state index is 5.44. The van der Waals surface area contributed by atoms with Gasteiger partial charge in [-0.15, -0.1) is 0 Å². The van der Waals surface area contributed by atoms with Crippen molar-refractivity contribution < 1.29 is 9.47 Å². The van der Waals surface area contributed by atoms with Crippen LogP contribution in [-0.4, -0.2) is 24.2 Å². The van der Waals surface area contributed by atoms with Gasteiger partial charge in [-0.25, -0.2) is 4.98 Å². The van der Waals surface area contributed by atoms with Crippen molar-refractivity contribution in [3.63, 3.8) is 0 Å². The van der Waals surface area contributed by atoms with Gasteiger partial charge in [0.15, 0.2) is 0 Å². The monoisotopic (exact) mass is 288 g/mol. The van der Waals surface area contributed by atoms with Gasteiger partial charge in [0.2, 0.25) is 0 Å². The molecule has 1 aliphatic carbocycles. The second-order valence-electron chi connectivity index (χ2n) is 4.86. The molecule has 1 N–H and O–H groups in total. The van der Waals surface area contributed by atoms with E-state index in [1.54, 1.807) is 14.2 Å². The van der Waals surface area contributed by atoms with Crippen LogP contribution in [0.2, 0.25) is 0 Å². The van der Waals surface area contributed by atoms with Crippen LogP contribution in [0.5, 0.6) is 11.5 Å². The molecule has 20 heavy (non-hydrogen) atoms. The summed E-state index contributed by atoms with van der Waals surface area (Å²) in [6.07, 6.45) is 2.36.